The topological polar surface area (TPSA) is 24.9 Å². The molecule has 1 aliphatic heterocycles. The Morgan fingerprint density at radius 1 is 1.38 bits per heavy atom. The van der Waals surface area contributed by atoms with Gasteiger partial charge in [-0.15, -0.1) is 0 Å². The monoisotopic (exact) mass is 176 g/mol. The number of aromatic nitrogens is 1. The number of rotatable bonds is 1. The lowest BCUT2D eigenvalue weighted by atomic mass is 10.0. The van der Waals surface area contributed by atoms with Crippen LogP contribution < -0.4 is 5.32 Å². The minimum absolute atomic E-state index is 0.534. The van der Waals surface area contributed by atoms with E-state index < -0.39 is 0 Å². The third-order valence-corrected chi connectivity index (χ3v) is 2.55. The average Bonchev–Trinajstić information content (AvgIpc) is 2.17. The molecule has 1 N–H and O–H groups in total. The highest BCUT2D eigenvalue weighted by Gasteiger charge is 2.11. The number of pyridine rings is 1. The second-order valence-electron chi connectivity index (χ2n) is 3.92. The Balaban J connectivity index is 2.35. The van der Waals surface area contributed by atoms with Crippen LogP contribution in [0.1, 0.15) is 36.7 Å². The lowest BCUT2D eigenvalue weighted by Gasteiger charge is -2.17. The number of hydrogen-bond donors (Lipinski definition) is 1. The summed E-state index contributed by atoms with van der Waals surface area (Å²) in [5.74, 6) is 0.534. The van der Waals surface area contributed by atoms with Crippen LogP contribution in [0.15, 0.2) is 12.1 Å². The van der Waals surface area contributed by atoms with Crippen LogP contribution in [0, 0.1) is 0 Å². The van der Waals surface area contributed by atoms with E-state index in [9.17, 15) is 0 Å². The summed E-state index contributed by atoms with van der Waals surface area (Å²) in [5.41, 5.74) is 3.88. The van der Waals surface area contributed by atoms with Crippen LogP contribution in [0.3, 0.4) is 0 Å². The fraction of sp³-hybridized carbons (Fsp3) is 0.545. The lowest BCUT2D eigenvalue weighted by Crippen LogP contribution is -2.25. The highest BCUT2D eigenvalue weighted by Crippen LogP contribution is 2.17. The molecule has 0 radical (unpaired) electrons. The molecule has 1 aliphatic rings. The molecule has 0 bridgehead atoms. The standard InChI is InChI=1S/C11H16N2/c1-8(2)10-4-3-9-5-6-12-7-11(9)13-10/h3-4,8,12H,5-7H2,1-2H3. The van der Waals surface area contributed by atoms with Gasteiger partial charge in [-0.1, -0.05) is 19.9 Å². The largest absolute Gasteiger partial charge is 0.311 e. The van der Waals surface area contributed by atoms with Crippen LogP contribution in [-0.4, -0.2) is 11.5 Å². The van der Waals surface area contributed by atoms with Crippen molar-refractivity contribution in [2.75, 3.05) is 6.54 Å². The predicted octanol–water partition coefficient (Wildman–Crippen LogP) is 1.85. The molecule has 0 unspecified atom stereocenters. The first-order valence-electron chi connectivity index (χ1n) is 4.97. The molecule has 2 nitrogen and oxygen atoms in total. The number of nitrogens with one attached hydrogen (secondary N) is 1. The molecule has 0 aromatic carbocycles. The van der Waals surface area contributed by atoms with Crippen molar-refractivity contribution in [2.24, 2.45) is 0 Å². The number of fused-ring (bicyclic) bond motifs is 1. The maximum Gasteiger partial charge on any atom is 0.0577 e. The van der Waals surface area contributed by atoms with E-state index in [2.05, 4.69) is 36.3 Å². The van der Waals surface area contributed by atoms with Crippen molar-refractivity contribution in [2.45, 2.75) is 32.7 Å². The molecule has 0 aliphatic carbocycles. The maximum atomic E-state index is 4.65. The van der Waals surface area contributed by atoms with Crippen LogP contribution >= 0.6 is 0 Å². The van der Waals surface area contributed by atoms with Gasteiger partial charge in [-0.25, -0.2) is 0 Å². The van der Waals surface area contributed by atoms with Gasteiger partial charge in [0.2, 0.25) is 0 Å². The zero-order valence-electron chi connectivity index (χ0n) is 8.30. The van der Waals surface area contributed by atoms with Crippen LogP contribution in [0.5, 0.6) is 0 Å². The van der Waals surface area contributed by atoms with Crippen molar-refractivity contribution >= 4 is 0 Å². The fourth-order valence-corrected chi connectivity index (χ4v) is 1.68. The highest BCUT2D eigenvalue weighted by atomic mass is 14.9. The first-order valence-corrected chi connectivity index (χ1v) is 4.97. The quantitative estimate of drug-likeness (QED) is 0.706. The van der Waals surface area contributed by atoms with Crippen LogP contribution in [0.25, 0.3) is 0 Å². The Kier molecular flexibility index (Phi) is 2.32. The van der Waals surface area contributed by atoms with Gasteiger partial charge in [0.25, 0.3) is 0 Å². The first-order chi connectivity index (χ1) is 6.27. The van der Waals surface area contributed by atoms with Gasteiger partial charge in [-0.2, -0.15) is 0 Å². The lowest BCUT2D eigenvalue weighted by molar-refractivity contribution is 0.620. The van der Waals surface area contributed by atoms with E-state index in [1.807, 2.05) is 0 Å². The molecule has 2 heterocycles. The van der Waals surface area contributed by atoms with Gasteiger partial charge in [-0.3, -0.25) is 4.98 Å². The predicted molar refractivity (Wildman–Crippen MR) is 53.7 cm³/mol. The van der Waals surface area contributed by atoms with Crippen LogP contribution in [-0.2, 0) is 13.0 Å². The number of nitrogens with zero attached hydrogens (tertiary/aromatic N) is 1. The summed E-state index contributed by atoms with van der Waals surface area (Å²) in [5, 5.41) is 3.34. The van der Waals surface area contributed by atoms with Crippen molar-refractivity contribution in [3.63, 3.8) is 0 Å². The molecule has 0 saturated carbocycles. The van der Waals surface area contributed by atoms with Gasteiger partial charge in [0.1, 0.15) is 0 Å². The molecule has 1 aromatic heterocycles. The van der Waals surface area contributed by atoms with Gasteiger partial charge >= 0.3 is 0 Å². The normalized spacial score (nSPS) is 15.9. The molecular weight excluding hydrogens is 160 g/mol. The Morgan fingerprint density at radius 3 is 3.00 bits per heavy atom. The summed E-state index contributed by atoms with van der Waals surface area (Å²) in [6, 6.07) is 4.40. The summed E-state index contributed by atoms with van der Waals surface area (Å²) in [6.07, 6.45) is 1.13. The van der Waals surface area contributed by atoms with Crippen molar-refractivity contribution in [1.82, 2.24) is 10.3 Å². The molecule has 0 fully saturated rings. The second-order valence-corrected chi connectivity index (χ2v) is 3.92. The molecule has 0 amide bonds. The van der Waals surface area contributed by atoms with E-state index >= 15 is 0 Å². The van der Waals surface area contributed by atoms with Crippen molar-refractivity contribution in [1.29, 1.82) is 0 Å². The van der Waals surface area contributed by atoms with E-state index in [1.54, 1.807) is 0 Å². The van der Waals surface area contributed by atoms with Gasteiger partial charge in [0.15, 0.2) is 0 Å². The van der Waals surface area contributed by atoms with Crippen LogP contribution in [0.4, 0.5) is 0 Å². The van der Waals surface area contributed by atoms with E-state index in [0.29, 0.717) is 5.92 Å². The third-order valence-electron chi connectivity index (χ3n) is 2.55. The van der Waals surface area contributed by atoms with E-state index in [4.69, 9.17) is 0 Å². The third kappa shape index (κ3) is 1.73. The minimum Gasteiger partial charge on any atom is -0.311 e. The molecule has 2 rings (SSSR count). The molecular formula is C11H16N2. The smallest absolute Gasteiger partial charge is 0.0577 e. The summed E-state index contributed by atoms with van der Waals surface area (Å²) in [6.45, 7) is 6.40. The molecule has 70 valence electrons. The molecule has 13 heavy (non-hydrogen) atoms. The number of hydrogen-bond acceptors (Lipinski definition) is 2. The average molecular weight is 176 g/mol. The molecule has 0 atom stereocenters. The highest BCUT2D eigenvalue weighted by molar-refractivity contribution is 5.26. The molecule has 2 heteroatoms. The van der Waals surface area contributed by atoms with Gasteiger partial charge < -0.3 is 5.32 Å². The maximum absolute atomic E-state index is 4.65. The molecule has 0 saturated heterocycles. The molecule has 1 aromatic rings. The summed E-state index contributed by atoms with van der Waals surface area (Å²) in [4.78, 5) is 4.65. The Hall–Kier alpha value is -0.890. The Labute approximate surface area is 79.4 Å². The van der Waals surface area contributed by atoms with Gasteiger partial charge in [0.05, 0.1) is 5.69 Å². The van der Waals surface area contributed by atoms with Gasteiger partial charge in [0, 0.05) is 12.2 Å². The zero-order valence-corrected chi connectivity index (χ0v) is 8.30. The SMILES string of the molecule is CC(C)c1ccc2c(n1)CNCC2. The Bertz CT molecular complexity index is 305. The second kappa shape index (κ2) is 3.46. The summed E-state index contributed by atoms with van der Waals surface area (Å²) >= 11 is 0. The van der Waals surface area contributed by atoms with E-state index in [0.717, 1.165) is 19.5 Å². The van der Waals surface area contributed by atoms with Crippen molar-refractivity contribution < 1.29 is 0 Å². The first kappa shape index (κ1) is 8.70. The van der Waals surface area contributed by atoms with Crippen molar-refractivity contribution in [3.8, 4) is 0 Å². The van der Waals surface area contributed by atoms with Crippen LogP contribution in [0.2, 0.25) is 0 Å². The van der Waals surface area contributed by atoms with Gasteiger partial charge in [-0.05, 0) is 30.5 Å². The van der Waals surface area contributed by atoms with Crippen molar-refractivity contribution in [3.05, 3.63) is 29.1 Å². The van der Waals surface area contributed by atoms with E-state index in [-0.39, 0.29) is 0 Å². The Morgan fingerprint density at radius 2 is 2.23 bits per heavy atom. The summed E-state index contributed by atoms with van der Waals surface area (Å²) < 4.78 is 0. The van der Waals surface area contributed by atoms with E-state index in [1.165, 1.54) is 17.0 Å². The molecule has 0 spiro atoms. The summed E-state index contributed by atoms with van der Waals surface area (Å²) in [7, 11) is 0. The minimum atomic E-state index is 0.534. The fourth-order valence-electron chi connectivity index (χ4n) is 1.68. The zero-order chi connectivity index (χ0) is 9.26.